The van der Waals surface area contributed by atoms with Crippen molar-refractivity contribution in [1.29, 1.82) is 5.26 Å². The summed E-state index contributed by atoms with van der Waals surface area (Å²) in [5.41, 5.74) is 0.614. The van der Waals surface area contributed by atoms with Crippen LogP contribution in [0, 0.1) is 21.4 Å². The van der Waals surface area contributed by atoms with Crippen LogP contribution in [0.3, 0.4) is 0 Å². The Labute approximate surface area is 114 Å². The molecule has 0 aliphatic rings. The minimum Gasteiger partial charge on any atom is -0.379 e. The molecule has 0 saturated carbocycles. The van der Waals surface area contributed by atoms with Gasteiger partial charge in [-0.1, -0.05) is 6.92 Å². The number of nitrogens with one attached hydrogen (secondary N) is 1. The van der Waals surface area contributed by atoms with E-state index in [1.54, 1.807) is 6.26 Å². The van der Waals surface area contributed by atoms with Crippen LogP contribution in [-0.4, -0.2) is 27.2 Å². The Hall–Kier alpha value is -1.94. The Bertz CT molecular complexity index is 540. The molecule has 0 saturated heterocycles. The number of rotatable bonds is 6. The van der Waals surface area contributed by atoms with Crippen molar-refractivity contribution in [2.75, 3.05) is 18.1 Å². The van der Waals surface area contributed by atoms with Crippen molar-refractivity contribution in [3.8, 4) is 6.07 Å². The second-order valence-electron chi connectivity index (χ2n) is 4.13. The molecule has 2 unspecified atom stereocenters. The summed E-state index contributed by atoms with van der Waals surface area (Å²) in [6.07, 6.45) is 2.26. The number of nitro benzene ring substituents is 1. The van der Waals surface area contributed by atoms with Gasteiger partial charge in [0.15, 0.2) is 0 Å². The summed E-state index contributed by atoms with van der Waals surface area (Å²) < 4.78 is 11.2. The molecule has 0 aromatic heterocycles. The smallest absolute Gasteiger partial charge is 0.292 e. The normalized spacial score (nSPS) is 13.3. The molecule has 1 rings (SSSR count). The average molecular weight is 281 g/mol. The summed E-state index contributed by atoms with van der Waals surface area (Å²) in [4.78, 5) is 10.4. The lowest BCUT2D eigenvalue weighted by Gasteiger charge is -2.10. The molecular weight excluding hydrogens is 266 g/mol. The van der Waals surface area contributed by atoms with Crippen molar-refractivity contribution < 1.29 is 9.13 Å². The lowest BCUT2D eigenvalue weighted by atomic mass is 10.2. The molecule has 1 N–H and O–H groups in total. The highest BCUT2D eigenvalue weighted by Gasteiger charge is 2.14. The number of nitro groups is 1. The van der Waals surface area contributed by atoms with Gasteiger partial charge in [0.05, 0.1) is 16.6 Å². The molecule has 19 heavy (non-hydrogen) atoms. The van der Waals surface area contributed by atoms with Crippen LogP contribution in [0.15, 0.2) is 18.2 Å². The highest BCUT2D eigenvalue weighted by Crippen LogP contribution is 2.25. The maximum Gasteiger partial charge on any atom is 0.292 e. The molecule has 1 aromatic rings. The first kappa shape index (κ1) is 15.1. The molecule has 0 spiro atoms. The second-order valence-corrected chi connectivity index (χ2v) is 5.93. The molecule has 2 atom stereocenters. The molecule has 0 heterocycles. The topological polar surface area (TPSA) is 96.0 Å². The molecule has 0 bridgehead atoms. The third-order valence-electron chi connectivity index (χ3n) is 2.76. The van der Waals surface area contributed by atoms with E-state index in [0.717, 1.165) is 0 Å². The summed E-state index contributed by atoms with van der Waals surface area (Å²) in [6.45, 7) is 2.33. The number of benzene rings is 1. The van der Waals surface area contributed by atoms with Crippen molar-refractivity contribution in [2.45, 2.75) is 18.6 Å². The predicted molar refractivity (Wildman–Crippen MR) is 74.4 cm³/mol. The molecule has 0 amide bonds. The molecule has 102 valence electrons. The highest BCUT2D eigenvalue weighted by atomic mass is 32.2. The molecule has 0 aliphatic heterocycles. The molecule has 0 radical (unpaired) electrons. The molecule has 0 fully saturated rings. The zero-order valence-electron chi connectivity index (χ0n) is 10.8. The van der Waals surface area contributed by atoms with E-state index in [0.29, 0.717) is 24.2 Å². The molecule has 6 nitrogen and oxygen atoms in total. The van der Waals surface area contributed by atoms with Gasteiger partial charge in [-0.15, -0.1) is 0 Å². The van der Waals surface area contributed by atoms with Crippen LogP contribution in [0.25, 0.3) is 0 Å². The number of nitriles is 1. The SMILES string of the molecule is CC(CCNc1cc(C#N)ccc1[N+](=O)[O-])S(C)=O. The third-order valence-corrected chi connectivity index (χ3v) is 4.12. The Morgan fingerprint density at radius 1 is 1.58 bits per heavy atom. The van der Waals surface area contributed by atoms with E-state index >= 15 is 0 Å². The molecule has 1 aromatic carbocycles. The Balaban J connectivity index is 2.78. The lowest BCUT2D eigenvalue weighted by Crippen LogP contribution is -2.15. The van der Waals surface area contributed by atoms with Gasteiger partial charge in [0, 0.05) is 34.9 Å². The van der Waals surface area contributed by atoms with Gasteiger partial charge in [-0.25, -0.2) is 0 Å². The number of anilines is 1. The monoisotopic (exact) mass is 281 g/mol. The van der Waals surface area contributed by atoms with Gasteiger partial charge in [-0.3, -0.25) is 14.3 Å². The van der Waals surface area contributed by atoms with Gasteiger partial charge in [0.25, 0.3) is 5.69 Å². The van der Waals surface area contributed by atoms with Crippen LogP contribution in [0.2, 0.25) is 0 Å². The maximum absolute atomic E-state index is 11.2. The van der Waals surface area contributed by atoms with Crippen LogP contribution in [0.1, 0.15) is 18.9 Å². The van der Waals surface area contributed by atoms with Gasteiger partial charge in [-0.2, -0.15) is 5.26 Å². The van der Waals surface area contributed by atoms with E-state index in [-0.39, 0.29) is 10.9 Å². The van der Waals surface area contributed by atoms with Crippen LogP contribution in [0.5, 0.6) is 0 Å². The second kappa shape index (κ2) is 6.85. The van der Waals surface area contributed by atoms with Crippen molar-refractivity contribution in [3.05, 3.63) is 33.9 Å². The fourth-order valence-corrected chi connectivity index (χ4v) is 1.93. The average Bonchev–Trinajstić information content (AvgIpc) is 2.37. The number of nitrogens with zero attached hydrogens (tertiary/aromatic N) is 2. The highest BCUT2D eigenvalue weighted by molar-refractivity contribution is 7.84. The molecule has 7 heteroatoms. The van der Waals surface area contributed by atoms with E-state index in [1.807, 2.05) is 13.0 Å². The van der Waals surface area contributed by atoms with Crippen molar-refractivity contribution in [3.63, 3.8) is 0 Å². The summed E-state index contributed by atoms with van der Waals surface area (Å²) in [7, 11) is -0.915. The summed E-state index contributed by atoms with van der Waals surface area (Å²) in [6, 6.07) is 6.11. The van der Waals surface area contributed by atoms with E-state index in [1.165, 1.54) is 18.2 Å². The summed E-state index contributed by atoms with van der Waals surface area (Å²) >= 11 is 0. The van der Waals surface area contributed by atoms with Crippen LogP contribution in [-0.2, 0) is 10.8 Å². The minimum atomic E-state index is -0.915. The Morgan fingerprint density at radius 2 is 2.26 bits per heavy atom. The zero-order chi connectivity index (χ0) is 14.4. The van der Waals surface area contributed by atoms with Gasteiger partial charge in [0.2, 0.25) is 0 Å². The van der Waals surface area contributed by atoms with Crippen molar-refractivity contribution in [2.24, 2.45) is 0 Å². The Morgan fingerprint density at radius 3 is 2.79 bits per heavy atom. The minimum absolute atomic E-state index is 0.0192. The fraction of sp³-hybridized carbons (Fsp3) is 0.417. The van der Waals surface area contributed by atoms with Gasteiger partial charge < -0.3 is 5.32 Å². The largest absolute Gasteiger partial charge is 0.379 e. The molecule has 0 aliphatic carbocycles. The van der Waals surface area contributed by atoms with Crippen LogP contribution >= 0.6 is 0 Å². The first-order chi connectivity index (χ1) is 8.95. The standard InChI is InChI=1S/C12H15N3O3S/c1-9(19(2)18)5-6-14-11-7-10(8-13)3-4-12(11)15(16)17/h3-4,7,9,14H,5-6H2,1-2H3. The van der Waals surface area contributed by atoms with Crippen molar-refractivity contribution >= 4 is 22.2 Å². The number of hydrogen-bond donors (Lipinski definition) is 1. The van der Waals surface area contributed by atoms with Gasteiger partial charge in [0.1, 0.15) is 5.69 Å². The quantitative estimate of drug-likeness (QED) is 0.635. The van der Waals surface area contributed by atoms with E-state index < -0.39 is 15.7 Å². The maximum atomic E-state index is 11.2. The van der Waals surface area contributed by atoms with E-state index in [9.17, 15) is 14.3 Å². The number of hydrogen-bond acceptors (Lipinski definition) is 5. The van der Waals surface area contributed by atoms with E-state index in [4.69, 9.17) is 5.26 Å². The van der Waals surface area contributed by atoms with Gasteiger partial charge >= 0.3 is 0 Å². The van der Waals surface area contributed by atoms with Crippen LogP contribution < -0.4 is 5.32 Å². The van der Waals surface area contributed by atoms with Gasteiger partial charge in [-0.05, 0) is 18.6 Å². The first-order valence-corrected chi connectivity index (χ1v) is 7.32. The predicted octanol–water partition coefficient (Wildman–Crippen LogP) is 2.04. The summed E-state index contributed by atoms with van der Waals surface area (Å²) in [5.74, 6) is 0. The summed E-state index contributed by atoms with van der Waals surface area (Å²) in [5, 5.41) is 22.6. The lowest BCUT2D eigenvalue weighted by molar-refractivity contribution is -0.384. The zero-order valence-corrected chi connectivity index (χ0v) is 11.6. The fourth-order valence-electron chi connectivity index (χ4n) is 1.48. The van der Waals surface area contributed by atoms with Crippen molar-refractivity contribution in [1.82, 2.24) is 0 Å². The Kier molecular flexibility index (Phi) is 5.45. The van der Waals surface area contributed by atoms with E-state index in [2.05, 4.69) is 5.32 Å². The molecular formula is C12H15N3O3S. The third kappa shape index (κ3) is 4.34. The first-order valence-electron chi connectivity index (χ1n) is 5.70. The van der Waals surface area contributed by atoms with Crippen LogP contribution in [0.4, 0.5) is 11.4 Å².